The summed E-state index contributed by atoms with van der Waals surface area (Å²) in [6.45, 7) is -0.959. The molecular formula is C12H22F4. The fourth-order valence-corrected chi connectivity index (χ4v) is 0.717. The minimum absolute atomic E-state index is 0. The maximum absolute atomic E-state index is 11.9. The quantitative estimate of drug-likeness (QED) is 0.635. The van der Waals surface area contributed by atoms with Crippen molar-refractivity contribution in [3.05, 3.63) is 35.4 Å². The Hall–Kier alpha value is -1.06. The molecule has 4 heteroatoms. The Kier molecular flexibility index (Phi) is 29.6. The van der Waals surface area contributed by atoms with E-state index in [0.29, 0.717) is 25.5 Å². The van der Waals surface area contributed by atoms with Gasteiger partial charge in [0.1, 0.15) is 13.3 Å². The Balaban J connectivity index is -0.000000109. The highest BCUT2D eigenvalue weighted by Gasteiger charge is 1.91. The third kappa shape index (κ3) is 11.0. The van der Waals surface area contributed by atoms with Crippen LogP contribution in [-0.2, 0) is 13.3 Å². The average molecular weight is 242 g/mol. The molecule has 0 nitrogen and oxygen atoms in total. The Bertz CT molecular complexity index is 174. The second-order valence-corrected chi connectivity index (χ2v) is 2.08. The zero-order chi connectivity index (χ0) is 11.4. The first-order chi connectivity index (χ1) is 6.86. The van der Waals surface area contributed by atoms with E-state index in [0.717, 1.165) is 0 Å². The van der Waals surface area contributed by atoms with Gasteiger partial charge >= 0.3 is 0 Å². The van der Waals surface area contributed by atoms with Gasteiger partial charge in [0.2, 0.25) is 0 Å². The SMILES string of the molecule is C.C.CF.CF.FCc1ccc(CF)cc1. The van der Waals surface area contributed by atoms with Crippen LogP contribution in [0.5, 0.6) is 0 Å². The molecule has 16 heavy (non-hydrogen) atoms. The first kappa shape index (κ1) is 24.3. The van der Waals surface area contributed by atoms with Crippen LogP contribution in [0.4, 0.5) is 17.6 Å². The maximum atomic E-state index is 11.9. The number of alkyl halides is 4. The van der Waals surface area contributed by atoms with Gasteiger partial charge in [0, 0.05) is 0 Å². The van der Waals surface area contributed by atoms with Crippen LogP contribution >= 0.6 is 0 Å². The van der Waals surface area contributed by atoms with Crippen molar-refractivity contribution in [3.63, 3.8) is 0 Å². The lowest BCUT2D eigenvalue weighted by Gasteiger charge is -1.94. The van der Waals surface area contributed by atoms with E-state index in [1.807, 2.05) is 0 Å². The molecule has 0 amide bonds. The number of hydrogen-bond acceptors (Lipinski definition) is 0. The van der Waals surface area contributed by atoms with Gasteiger partial charge in [-0.15, -0.1) is 0 Å². The summed E-state index contributed by atoms with van der Waals surface area (Å²) in [6.07, 6.45) is 0. The summed E-state index contributed by atoms with van der Waals surface area (Å²) in [5, 5.41) is 0. The van der Waals surface area contributed by atoms with Crippen molar-refractivity contribution in [1.82, 2.24) is 0 Å². The number of halogens is 4. The van der Waals surface area contributed by atoms with Crippen LogP contribution in [0.15, 0.2) is 24.3 Å². The molecule has 0 heterocycles. The van der Waals surface area contributed by atoms with E-state index in [4.69, 9.17) is 0 Å². The van der Waals surface area contributed by atoms with Crippen molar-refractivity contribution in [2.24, 2.45) is 0 Å². The van der Waals surface area contributed by atoms with E-state index in [-0.39, 0.29) is 14.9 Å². The highest BCUT2D eigenvalue weighted by Crippen LogP contribution is 2.06. The van der Waals surface area contributed by atoms with E-state index in [1.54, 1.807) is 24.3 Å². The molecule has 98 valence electrons. The van der Waals surface area contributed by atoms with Crippen LogP contribution in [0.25, 0.3) is 0 Å². The van der Waals surface area contributed by atoms with Crippen LogP contribution in [0.3, 0.4) is 0 Å². The standard InChI is InChI=1S/C8H8F2.2CH3F.2CH4/c9-5-7-1-2-8(6-10)4-3-7;2*1-2;;/h1-4H,5-6H2;2*1H3;2*1H4. The molecule has 0 atom stereocenters. The van der Waals surface area contributed by atoms with Gasteiger partial charge < -0.3 is 0 Å². The van der Waals surface area contributed by atoms with Crippen molar-refractivity contribution in [2.75, 3.05) is 14.4 Å². The van der Waals surface area contributed by atoms with Gasteiger partial charge in [-0.25, -0.2) is 8.78 Å². The van der Waals surface area contributed by atoms with E-state index in [1.165, 1.54) is 0 Å². The largest absolute Gasteiger partial charge is 0.255 e. The molecule has 0 aliphatic rings. The molecule has 0 aromatic heterocycles. The summed E-state index contributed by atoms with van der Waals surface area (Å²) >= 11 is 0. The summed E-state index contributed by atoms with van der Waals surface area (Å²) in [5.41, 5.74) is 1.19. The molecule has 0 aliphatic heterocycles. The number of benzene rings is 1. The Morgan fingerprint density at radius 1 is 0.688 bits per heavy atom. The minimum atomic E-state index is -0.480. The van der Waals surface area contributed by atoms with E-state index in [9.17, 15) is 17.6 Å². The van der Waals surface area contributed by atoms with Crippen LogP contribution in [0.2, 0.25) is 0 Å². The molecule has 0 fully saturated rings. The predicted molar refractivity (Wildman–Crippen MR) is 63.6 cm³/mol. The molecule has 0 radical (unpaired) electrons. The lowest BCUT2D eigenvalue weighted by Crippen LogP contribution is -1.80. The van der Waals surface area contributed by atoms with Crippen LogP contribution in [-0.4, -0.2) is 14.4 Å². The zero-order valence-corrected chi connectivity index (χ0v) is 8.24. The summed E-state index contributed by atoms with van der Waals surface area (Å²) in [5.74, 6) is 0. The second-order valence-electron chi connectivity index (χ2n) is 2.08. The fraction of sp³-hybridized carbons (Fsp3) is 0.500. The smallest absolute Gasteiger partial charge is 0.115 e. The van der Waals surface area contributed by atoms with Crippen molar-refractivity contribution in [3.8, 4) is 0 Å². The Morgan fingerprint density at radius 3 is 1.00 bits per heavy atom. The van der Waals surface area contributed by atoms with Crippen molar-refractivity contribution < 1.29 is 17.6 Å². The maximum Gasteiger partial charge on any atom is 0.115 e. The van der Waals surface area contributed by atoms with Gasteiger partial charge in [-0.2, -0.15) is 0 Å². The topological polar surface area (TPSA) is 0 Å². The Morgan fingerprint density at radius 2 is 0.875 bits per heavy atom. The van der Waals surface area contributed by atoms with Gasteiger partial charge in [0.15, 0.2) is 0 Å². The van der Waals surface area contributed by atoms with Gasteiger partial charge in [-0.3, -0.25) is 8.78 Å². The van der Waals surface area contributed by atoms with Crippen molar-refractivity contribution in [1.29, 1.82) is 0 Å². The highest BCUT2D eigenvalue weighted by molar-refractivity contribution is 5.21. The lowest BCUT2D eigenvalue weighted by atomic mass is 10.2. The van der Waals surface area contributed by atoms with E-state index < -0.39 is 13.3 Å². The molecule has 1 rings (SSSR count). The minimum Gasteiger partial charge on any atom is -0.255 e. The lowest BCUT2D eigenvalue weighted by molar-refractivity contribution is 0.479. The highest BCUT2D eigenvalue weighted by atomic mass is 19.1. The van der Waals surface area contributed by atoms with Gasteiger partial charge in [-0.1, -0.05) is 39.1 Å². The van der Waals surface area contributed by atoms with E-state index >= 15 is 0 Å². The number of rotatable bonds is 2. The summed E-state index contributed by atoms with van der Waals surface area (Å²) in [7, 11) is 1.00. The van der Waals surface area contributed by atoms with Crippen LogP contribution < -0.4 is 0 Å². The second kappa shape index (κ2) is 19.5. The molecule has 0 aliphatic carbocycles. The molecule has 0 unspecified atom stereocenters. The van der Waals surface area contributed by atoms with Crippen molar-refractivity contribution in [2.45, 2.75) is 28.2 Å². The zero-order valence-electron chi connectivity index (χ0n) is 8.24. The van der Waals surface area contributed by atoms with Gasteiger partial charge in [0.05, 0.1) is 14.4 Å². The molecule has 0 spiro atoms. The van der Waals surface area contributed by atoms with Crippen molar-refractivity contribution >= 4 is 0 Å². The van der Waals surface area contributed by atoms with Crippen LogP contribution in [0, 0.1) is 0 Å². The van der Waals surface area contributed by atoms with Gasteiger partial charge in [0.25, 0.3) is 0 Å². The molecular weight excluding hydrogens is 220 g/mol. The first-order valence-corrected chi connectivity index (χ1v) is 3.82. The van der Waals surface area contributed by atoms with Crippen LogP contribution in [0.1, 0.15) is 26.0 Å². The normalized spacial score (nSPS) is 6.88. The Labute approximate surface area is 96.3 Å². The molecule has 1 aromatic rings. The number of hydrogen-bond donors (Lipinski definition) is 0. The third-order valence-corrected chi connectivity index (χ3v) is 1.33. The van der Waals surface area contributed by atoms with E-state index in [2.05, 4.69) is 0 Å². The third-order valence-electron chi connectivity index (χ3n) is 1.33. The molecule has 0 N–H and O–H groups in total. The molecule has 0 saturated carbocycles. The summed E-state index contributed by atoms with van der Waals surface area (Å²) < 4.78 is 42.7. The molecule has 1 aromatic carbocycles. The molecule has 0 bridgehead atoms. The van der Waals surface area contributed by atoms with Gasteiger partial charge in [-0.05, 0) is 11.1 Å². The fourth-order valence-electron chi connectivity index (χ4n) is 0.717. The summed E-state index contributed by atoms with van der Waals surface area (Å²) in [4.78, 5) is 0. The summed E-state index contributed by atoms with van der Waals surface area (Å²) in [6, 6.07) is 6.37. The first-order valence-electron chi connectivity index (χ1n) is 3.82. The monoisotopic (exact) mass is 242 g/mol. The predicted octanol–water partition coefficient (Wildman–Crippen LogP) is 5.07. The average Bonchev–Trinajstić information content (AvgIpc) is 2.34. The molecule has 0 saturated heterocycles.